The van der Waals surface area contributed by atoms with E-state index in [1.807, 2.05) is 36.4 Å². The summed E-state index contributed by atoms with van der Waals surface area (Å²) >= 11 is 8.52. The normalized spacial score (nSPS) is 12.8. The molecule has 1 unspecified atom stereocenters. The number of aliphatic hydroxyl groups excluding tert-OH is 1. The van der Waals surface area contributed by atoms with Crippen LogP contribution in [0.2, 0.25) is 0 Å². The highest BCUT2D eigenvalue weighted by Gasteiger charge is 2.13. The molecule has 0 amide bonds. The number of hydrogen-bond acceptors (Lipinski definition) is 3. The Morgan fingerprint density at radius 1 is 1.10 bits per heavy atom. The summed E-state index contributed by atoms with van der Waals surface area (Å²) in [5, 5.41) is 11.3. The van der Waals surface area contributed by atoms with E-state index >= 15 is 0 Å². The molecule has 1 N–H and O–H groups in total. The van der Waals surface area contributed by atoms with E-state index in [0.717, 1.165) is 29.7 Å². The van der Waals surface area contributed by atoms with Gasteiger partial charge < -0.3 is 5.11 Å². The van der Waals surface area contributed by atoms with E-state index in [0.29, 0.717) is 6.42 Å². The first kappa shape index (κ1) is 14.2. The average molecular weight is 413 g/mol. The summed E-state index contributed by atoms with van der Waals surface area (Å²) < 4.78 is 3.06. The molecule has 0 bridgehead atoms. The number of hydrogen-bond donors (Lipinski definition) is 1. The van der Waals surface area contributed by atoms with Gasteiger partial charge in [-0.25, -0.2) is 4.98 Å². The predicted octanol–water partition coefficient (Wildman–Crippen LogP) is 5.10. The van der Waals surface area contributed by atoms with Crippen LogP contribution in [-0.2, 0) is 6.42 Å². The summed E-state index contributed by atoms with van der Waals surface area (Å²) in [5.41, 5.74) is 1.88. The van der Waals surface area contributed by atoms with Gasteiger partial charge >= 0.3 is 0 Å². The number of aromatic nitrogens is 1. The Balaban J connectivity index is 1.86. The molecule has 0 radical (unpaired) electrons. The molecule has 1 atom stereocenters. The first-order chi connectivity index (χ1) is 9.61. The summed E-state index contributed by atoms with van der Waals surface area (Å²) in [6, 6.07) is 13.9. The molecule has 0 spiro atoms. The molecule has 3 rings (SSSR count). The molecule has 20 heavy (non-hydrogen) atoms. The number of rotatable bonds is 3. The van der Waals surface area contributed by atoms with Crippen LogP contribution in [0.3, 0.4) is 0 Å². The molecule has 0 fully saturated rings. The van der Waals surface area contributed by atoms with Gasteiger partial charge in [0.25, 0.3) is 0 Å². The van der Waals surface area contributed by atoms with Crippen molar-refractivity contribution in [3.05, 3.63) is 62.0 Å². The zero-order valence-corrected chi connectivity index (χ0v) is 14.4. The first-order valence-electron chi connectivity index (χ1n) is 6.10. The van der Waals surface area contributed by atoms with E-state index < -0.39 is 6.10 Å². The Bertz CT molecular complexity index is 703. The Morgan fingerprint density at radius 2 is 1.80 bits per heavy atom. The van der Waals surface area contributed by atoms with E-state index in [4.69, 9.17) is 0 Å². The van der Waals surface area contributed by atoms with E-state index in [1.165, 1.54) is 0 Å². The SMILES string of the molecule is OC(Cc1nc2ccccc2s1)c1cc(Br)cc(Br)c1. The van der Waals surface area contributed by atoms with Crippen LogP contribution in [0, 0.1) is 0 Å². The lowest BCUT2D eigenvalue weighted by Crippen LogP contribution is -2.01. The molecule has 1 heterocycles. The number of benzene rings is 2. The van der Waals surface area contributed by atoms with Gasteiger partial charge in [0.05, 0.1) is 21.3 Å². The monoisotopic (exact) mass is 411 g/mol. The van der Waals surface area contributed by atoms with Gasteiger partial charge in [-0.1, -0.05) is 44.0 Å². The fourth-order valence-corrected chi connectivity index (χ4v) is 4.39. The minimum Gasteiger partial charge on any atom is -0.388 e. The molecule has 0 saturated heterocycles. The summed E-state index contributed by atoms with van der Waals surface area (Å²) in [4.78, 5) is 4.56. The van der Waals surface area contributed by atoms with Gasteiger partial charge in [-0.3, -0.25) is 0 Å². The van der Waals surface area contributed by atoms with Crippen molar-refractivity contribution < 1.29 is 5.11 Å². The fourth-order valence-electron chi connectivity index (χ4n) is 2.06. The van der Waals surface area contributed by atoms with Gasteiger partial charge in [0, 0.05) is 15.4 Å². The van der Waals surface area contributed by atoms with E-state index in [-0.39, 0.29) is 0 Å². The zero-order valence-electron chi connectivity index (χ0n) is 10.4. The lowest BCUT2D eigenvalue weighted by atomic mass is 10.1. The summed E-state index contributed by atoms with van der Waals surface area (Å²) in [5.74, 6) is 0. The molecule has 5 heteroatoms. The second kappa shape index (κ2) is 5.93. The second-order valence-corrected chi connectivity index (χ2v) is 7.44. The number of aliphatic hydroxyl groups is 1. The smallest absolute Gasteiger partial charge is 0.0967 e. The van der Waals surface area contributed by atoms with Gasteiger partial charge in [0.1, 0.15) is 0 Å². The third-order valence-corrected chi connectivity index (χ3v) is 4.95. The largest absolute Gasteiger partial charge is 0.388 e. The topological polar surface area (TPSA) is 33.1 Å². The molecule has 2 aromatic carbocycles. The third-order valence-electron chi connectivity index (χ3n) is 2.98. The summed E-state index contributed by atoms with van der Waals surface area (Å²) in [6.07, 6.45) is -0.0215. The lowest BCUT2D eigenvalue weighted by Gasteiger charge is -2.10. The molecule has 3 aromatic rings. The van der Waals surface area contributed by atoms with Crippen LogP contribution in [0.25, 0.3) is 10.2 Å². The molecule has 0 saturated carbocycles. The fraction of sp³-hybridized carbons (Fsp3) is 0.133. The van der Waals surface area contributed by atoms with Crippen LogP contribution in [0.4, 0.5) is 0 Å². The Kier molecular flexibility index (Phi) is 4.21. The predicted molar refractivity (Wildman–Crippen MR) is 90.1 cm³/mol. The van der Waals surface area contributed by atoms with Crippen molar-refractivity contribution in [2.24, 2.45) is 0 Å². The molecule has 0 aliphatic rings. The molecular weight excluding hydrogens is 402 g/mol. The van der Waals surface area contributed by atoms with Gasteiger partial charge in [-0.2, -0.15) is 0 Å². The van der Waals surface area contributed by atoms with Crippen molar-refractivity contribution in [2.75, 3.05) is 0 Å². The van der Waals surface area contributed by atoms with Crippen molar-refractivity contribution in [1.82, 2.24) is 4.98 Å². The highest BCUT2D eigenvalue weighted by Crippen LogP contribution is 2.29. The van der Waals surface area contributed by atoms with Crippen LogP contribution < -0.4 is 0 Å². The van der Waals surface area contributed by atoms with Crippen LogP contribution in [0.15, 0.2) is 51.4 Å². The maximum Gasteiger partial charge on any atom is 0.0967 e. The van der Waals surface area contributed by atoms with Crippen molar-refractivity contribution in [3.8, 4) is 0 Å². The number of para-hydroxylation sites is 1. The van der Waals surface area contributed by atoms with E-state index in [9.17, 15) is 5.11 Å². The highest BCUT2D eigenvalue weighted by atomic mass is 79.9. The quantitative estimate of drug-likeness (QED) is 0.649. The van der Waals surface area contributed by atoms with E-state index in [2.05, 4.69) is 42.9 Å². The van der Waals surface area contributed by atoms with Crippen molar-refractivity contribution in [3.63, 3.8) is 0 Å². The highest BCUT2D eigenvalue weighted by molar-refractivity contribution is 9.11. The second-order valence-electron chi connectivity index (χ2n) is 4.50. The number of nitrogens with zero attached hydrogens (tertiary/aromatic N) is 1. The van der Waals surface area contributed by atoms with Crippen LogP contribution in [0.5, 0.6) is 0 Å². The van der Waals surface area contributed by atoms with Gasteiger partial charge in [0.2, 0.25) is 0 Å². The summed E-state index contributed by atoms with van der Waals surface area (Å²) in [6.45, 7) is 0. The third kappa shape index (κ3) is 3.11. The van der Waals surface area contributed by atoms with Crippen LogP contribution >= 0.6 is 43.2 Å². The Hall–Kier alpha value is -0.750. The minimum absolute atomic E-state index is 0.530. The number of fused-ring (bicyclic) bond motifs is 1. The van der Waals surface area contributed by atoms with E-state index in [1.54, 1.807) is 11.3 Å². The lowest BCUT2D eigenvalue weighted by molar-refractivity contribution is 0.178. The Morgan fingerprint density at radius 3 is 2.50 bits per heavy atom. The minimum atomic E-state index is -0.552. The molecule has 0 aliphatic carbocycles. The van der Waals surface area contributed by atoms with Crippen LogP contribution in [-0.4, -0.2) is 10.1 Å². The molecular formula is C15H11Br2NOS. The van der Waals surface area contributed by atoms with Crippen molar-refractivity contribution in [2.45, 2.75) is 12.5 Å². The molecule has 1 aromatic heterocycles. The van der Waals surface area contributed by atoms with Crippen LogP contribution in [0.1, 0.15) is 16.7 Å². The summed E-state index contributed by atoms with van der Waals surface area (Å²) in [7, 11) is 0. The van der Waals surface area contributed by atoms with Gasteiger partial charge in [-0.15, -0.1) is 11.3 Å². The molecule has 102 valence electrons. The first-order valence-corrected chi connectivity index (χ1v) is 8.50. The van der Waals surface area contributed by atoms with Gasteiger partial charge in [0.15, 0.2) is 0 Å². The number of thiazole rings is 1. The number of halogens is 2. The Labute approximate surface area is 137 Å². The van der Waals surface area contributed by atoms with Crippen molar-refractivity contribution in [1.29, 1.82) is 0 Å². The molecule has 2 nitrogen and oxygen atoms in total. The van der Waals surface area contributed by atoms with Gasteiger partial charge in [-0.05, 0) is 35.9 Å². The van der Waals surface area contributed by atoms with Crippen molar-refractivity contribution >= 4 is 53.4 Å². The standard InChI is InChI=1S/C15H11Br2NOS/c16-10-5-9(6-11(17)7-10)13(19)8-15-18-12-3-1-2-4-14(12)20-15/h1-7,13,19H,8H2. The maximum absolute atomic E-state index is 10.4. The molecule has 0 aliphatic heterocycles. The average Bonchev–Trinajstić information content (AvgIpc) is 2.79. The zero-order chi connectivity index (χ0) is 14.1. The maximum atomic E-state index is 10.4.